The number of halogens is 1. The highest BCUT2D eigenvalue weighted by Crippen LogP contribution is 2.54. The van der Waals surface area contributed by atoms with Crippen LogP contribution in [0.25, 0.3) is 0 Å². The summed E-state index contributed by atoms with van der Waals surface area (Å²) in [4.78, 5) is 0. The molecule has 0 aromatic heterocycles. The second-order valence-electron chi connectivity index (χ2n) is 7.44. The van der Waals surface area contributed by atoms with Crippen LogP contribution < -0.4 is 5.32 Å². The van der Waals surface area contributed by atoms with Crippen LogP contribution in [0.1, 0.15) is 52.5 Å². The summed E-state index contributed by atoms with van der Waals surface area (Å²) in [5.41, 5.74) is 2.27. The Morgan fingerprint density at radius 3 is 2.55 bits per heavy atom. The first-order valence-electron chi connectivity index (χ1n) is 7.84. The summed E-state index contributed by atoms with van der Waals surface area (Å²) in [5.74, 6) is 0.838. The monoisotopic (exact) mass is 337 g/mol. The van der Waals surface area contributed by atoms with E-state index in [1.54, 1.807) is 0 Å². The molecule has 2 heteroatoms. The number of hydrogen-bond acceptors (Lipinski definition) is 1. The van der Waals surface area contributed by atoms with Gasteiger partial charge in [0, 0.05) is 16.4 Å². The van der Waals surface area contributed by atoms with Crippen molar-refractivity contribution in [1.29, 1.82) is 0 Å². The standard InChI is InChI=1S/C18H28BrN/c1-5-9-20-13-18(11-15(12-18)17(2,3)4)14-7-6-8-16(19)10-14/h6-8,10,15,20H,5,9,11-13H2,1-4H3. The quantitative estimate of drug-likeness (QED) is 0.733. The van der Waals surface area contributed by atoms with Gasteiger partial charge in [-0.05, 0) is 54.8 Å². The van der Waals surface area contributed by atoms with Gasteiger partial charge in [0.1, 0.15) is 0 Å². The molecule has 1 aromatic rings. The number of nitrogens with one attached hydrogen (secondary N) is 1. The minimum atomic E-state index is 0.344. The number of hydrogen-bond donors (Lipinski definition) is 1. The van der Waals surface area contributed by atoms with Gasteiger partial charge in [0.15, 0.2) is 0 Å². The summed E-state index contributed by atoms with van der Waals surface area (Å²) in [6.45, 7) is 11.6. The van der Waals surface area contributed by atoms with E-state index in [0.29, 0.717) is 10.8 Å². The van der Waals surface area contributed by atoms with Gasteiger partial charge in [-0.1, -0.05) is 55.8 Å². The normalized spacial score (nSPS) is 26.4. The first-order chi connectivity index (χ1) is 9.37. The predicted octanol–water partition coefficient (Wildman–Crippen LogP) is 5.14. The molecular formula is C18H28BrN. The molecule has 1 aliphatic carbocycles. The first-order valence-corrected chi connectivity index (χ1v) is 8.63. The van der Waals surface area contributed by atoms with E-state index in [4.69, 9.17) is 0 Å². The molecule has 0 bridgehead atoms. The Labute approximate surface area is 132 Å². The van der Waals surface area contributed by atoms with Crippen LogP contribution in [0.4, 0.5) is 0 Å². The SMILES string of the molecule is CCCNCC1(c2cccc(Br)c2)CC(C(C)(C)C)C1. The van der Waals surface area contributed by atoms with Crippen molar-refractivity contribution < 1.29 is 0 Å². The Balaban J connectivity index is 2.15. The molecule has 0 aliphatic heterocycles. The van der Waals surface area contributed by atoms with Gasteiger partial charge in [-0.25, -0.2) is 0 Å². The van der Waals surface area contributed by atoms with Gasteiger partial charge in [-0.2, -0.15) is 0 Å². The Hall–Kier alpha value is -0.340. The van der Waals surface area contributed by atoms with E-state index in [1.807, 2.05) is 0 Å². The Kier molecular flexibility index (Phi) is 4.96. The Bertz CT molecular complexity index is 441. The molecule has 2 rings (SSSR count). The third-order valence-electron chi connectivity index (χ3n) is 4.83. The summed E-state index contributed by atoms with van der Waals surface area (Å²) in [7, 11) is 0. The van der Waals surface area contributed by atoms with Gasteiger partial charge in [-0.15, -0.1) is 0 Å². The molecule has 0 saturated heterocycles. The van der Waals surface area contributed by atoms with Crippen molar-refractivity contribution in [3.8, 4) is 0 Å². The first kappa shape index (κ1) is 16.0. The molecule has 1 nitrogen and oxygen atoms in total. The van der Waals surface area contributed by atoms with Crippen molar-refractivity contribution in [3.05, 3.63) is 34.3 Å². The molecule has 0 radical (unpaired) electrons. The molecule has 1 saturated carbocycles. The van der Waals surface area contributed by atoms with E-state index >= 15 is 0 Å². The van der Waals surface area contributed by atoms with Crippen LogP contribution in [-0.4, -0.2) is 13.1 Å². The van der Waals surface area contributed by atoms with Gasteiger partial charge >= 0.3 is 0 Å². The second kappa shape index (κ2) is 6.19. The summed E-state index contributed by atoms with van der Waals surface area (Å²) >= 11 is 3.62. The average molecular weight is 338 g/mol. The third-order valence-corrected chi connectivity index (χ3v) is 5.32. The molecule has 112 valence electrons. The summed E-state index contributed by atoms with van der Waals surface area (Å²) in [6, 6.07) is 8.91. The van der Waals surface area contributed by atoms with Gasteiger partial charge in [0.2, 0.25) is 0 Å². The summed E-state index contributed by atoms with van der Waals surface area (Å²) in [6.07, 6.45) is 3.82. The fourth-order valence-corrected chi connectivity index (χ4v) is 3.70. The summed E-state index contributed by atoms with van der Waals surface area (Å²) in [5, 5.41) is 3.65. The maximum atomic E-state index is 3.65. The highest BCUT2D eigenvalue weighted by Gasteiger charge is 2.48. The van der Waals surface area contributed by atoms with Crippen molar-refractivity contribution in [2.45, 2.75) is 52.4 Å². The molecule has 0 unspecified atom stereocenters. The van der Waals surface area contributed by atoms with Crippen LogP contribution in [-0.2, 0) is 5.41 Å². The number of benzene rings is 1. The lowest BCUT2D eigenvalue weighted by Crippen LogP contribution is -2.52. The molecule has 1 aromatic carbocycles. The van der Waals surface area contributed by atoms with E-state index in [-0.39, 0.29) is 0 Å². The molecule has 0 amide bonds. The Morgan fingerprint density at radius 1 is 1.30 bits per heavy atom. The third kappa shape index (κ3) is 3.46. The predicted molar refractivity (Wildman–Crippen MR) is 91.2 cm³/mol. The van der Waals surface area contributed by atoms with Crippen LogP contribution in [0.5, 0.6) is 0 Å². The topological polar surface area (TPSA) is 12.0 Å². The zero-order valence-corrected chi connectivity index (χ0v) is 14.9. The van der Waals surface area contributed by atoms with E-state index in [0.717, 1.165) is 19.0 Å². The average Bonchev–Trinajstić information content (AvgIpc) is 2.30. The summed E-state index contributed by atoms with van der Waals surface area (Å²) < 4.78 is 1.20. The van der Waals surface area contributed by atoms with E-state index in [2.05, 4.69) is 73.2 Å². The van der Waals surface area contributed by atoms with Crippen molar-refractivity contribution >= 4 is 15.9 Å². The molecule has 1 fully saturated rings. The minimum Gasteiger partial charge on any atom is -0.316 e. The van der Waals surface area contributed by atoms with Crippen molar-refractivity contribution in [2.24, 2.45) is 11.3 Å². The van der Waals surface area contributed by atoms with Crippen LogP contribution in [0.15, 0.2) is 28.7 Å². The lowest BCUT2D eigenvalue weighted by molar-refractivity contribution is 0.0449. The maximum absolute atomic E-state index is 3.65. The Morgan fingerprint density at radius 2 is 2.00 bits per heavy atom. The molecular weight excluding hydrogens is 310 g/mol. The zero-order chi connectivity index (χ0) is 14.8. The molecule has 0 spiro atoms. The van der Waals surface area contributed by atoms with Gasteiger partial charge in [-0.3, -0.25) is 0 Å². The lowest BCUT2D eigenvalue weighted by Gasteiger charge is -2.53. The fraction of sp³-hybridized carbons (Fsp3) is 0.667. The van der Waals surface area contributed by atoms with Crippen LogP contribution >= 0.6 is 15.9 Å². The van der Waals surface area contributed by atoms with Crippen LogP contribution in [0.3, 0.4) is 0 Å². The van der Waals surface area contributed by atoms with Crippen molar-refractivity contribution in [3.63, 3.8) is 0 Å². The second-order valence-corrected chi connectivity index (χ2v) is 8.35. The van der Waals surface area contributed by atoms with E-state index in [9.17, 15) is 0 Å². The zero-order valence-electron chi connectivity index (χ0n) is 13.3. The van der Waals surface area contributed by atoms with Gasteiger partial charge in [0.25, 0.3) is 0 Å². The minimum absolute atomic E-state index is 0.344. The lowest BCUT2D eigenvalue weighted by atomic mass is 9.52. The van der Waals surface area contributed by atoms with Gasteiger partial charge < -0.3 is 5.32 Å². The molecule has 1 N–H and O–H groups in total. The van der Waals surface area contributed by atoms with E-state index in [1.165, 1.54) is 29.3 Å². The highest BCUT2D eigenvalue weighted by molar-refractivity contribution is 9.10. The van der Waals surface area contributed by atoms with Crippen LogP contribution in [0, 0.1) is 11.3 Å². The van der Waals surface area contributed by atoms with E-state index < -0.39 is 0 Å². The van der Waals surface area contributed by atoms with Gasteiger partial charge in [0.05, 0.1) is 0 Å². The smallest absolute Gasteiger partial charge is 0.0178 e. The van der Waals surface area contributed by atoms with Crippen molar-refractivity contribution in [1.82, 2.24) is 5.32 Å². The maximum Gasteiger partial charge on any atom is 0.0178 e. The molecule has 0 heterocycles. The molecule has 0 atom stereocenters. The molecule has 20 heavy (non-hydrogen) atoms. The van der Waals surface area contributed by atoms with Crippen molar-refractivity contribution in [2.75, 3.05) is 13.1 Å². The molecule has 1 aliphatic rings. The number of rotatable bonds is 5. The highest BCUT2D eigenvalue weighted by atomic mass is 79.9. The largest absolute Gasteiger partial charge is 0.316 e. The fourth-order valence-electron chi connectivity index (χ4n) is 3.30. The van der Waals surface area contributed by atoms with Crippen LogP contribution in [0.2, 0.25) is 0 Å².